The largest absolute Gasteiger partial charge is 0.308 e. The van der Waals surface area contributed by atoms with Crippen LogP contribution in [0.3, 0.4) is 0 Å². The monoisotopic (exact) mass is 234 g/mol. The predicted octanol–water partition coefficient (Wildman–Crippen LogP) is 1.19. The molecule has 17 heavy (non-hydrogen) atoms. The van der Waals surface area contributed by atoms with E-state index in [1.807, 2.05) is 0 Å². The Kier molecular flexibility index (Phi) is 3.38. The minimum atomic E-state index is -0.168. The number of aromatic nitrogens is 2. The fourth-order valence-corrected chi connectivity index (χ4v) is 2.22. The van der Waals surface area contributed by atoms with Crippen molar-refractivity contribution in [3.8, 4) is 0 Å². The van der Waals surface area contributed by atoms with Gasteiger partial charge in [-0.15, -0.1) is 0 Å². The second kappa shape index (κ2) is 4.79. The zero-order valence-electron chi connectivity index (χ0n) is 10.2. The molecule has 5 nitrogen and oxygen atoms in total. The molecule has 0 spiro atoms. The summed E-state index contributed by atoms with van der Waals surface area (Å²) in [5.41, 5.74) is -0.0233. The molecule has 1 saturated heterocycles. The van der Waals surface area contributed by atoms with E-state index in [1.54, 1.807) is 18.6 Å². The van der Waals surface area contributed by atoms with Crippen LogP contribution >= 0.6 is 0 Å². The van der Waals surface area contributed by atoms with Gasteiger partial charge in [-0.05, 0) is 24.8 Å². The number of nitrogens with zero attached hydrogens (tertiary/aromatic N) is 2. The second-order valence-corrected chi connectivity index (χ2v) is 5.06. The molecule has 1 aliphatic rings. The van der Waals surface area contributed by atoms with Gasteiger partial charge in [-0.2, -0.15) is 0 Å². The Bertz CT molecular complexity index is 391. The molecule has 1 atom stereocenters. The zero-order chi connectivity index (χ0) is 12.3. The molecule has 1 unspecified atom stereocenters. The van der Waals surface area contributed by atoms with E-state index in [4.69, 9.17) is 0 Å². The highest BCUT2D eigenvalue weighted by Crippen LogP contribution is 2.30. The van der Waals surface area contributed by atoms with Crippen LogP contribution in [0.15, 0.2) is 18.6 Å². The van der Waals surface area contributed by atoms with Crippen molar-refractivity contribution in [2.75, 3.05) is 11.9 Å². The molecule has 0 aliphatic carbocycles. The predicted molar refractivity (Wildman–Crippen MR) is 65.5 cm³/mol. The Balaban J connectivity index is 2.04. The third-order valence-electron chi connectivity index (χ3n) is 3.20. The topological polar surface area (TPSA) is 66.9 Å². The van der Waals surface area contributed by atoms with Crippen LogP contribution in [-0.4, -0.2) is 28.5 Å². The van der Waals surface area contributed by atoms with Gasteiger partial charge in [-0.25, -0.2) is 4.98 Å². The molecular weight excluding hydrogens is 216 g/mol. The summed E-state index contributed by atoms with van der Waals surface area (Å²) in [5.74, 6) is 0.468. The first-order valence-corrected chi connectivity index (χ1v) is 5.90. The third-order valence-corrected chi connectivity index (χ3v) is 3.20. The lowest BCUT2D eigenvalue weighted by Crippen LogP contribution is -2.53. The van der Waals surface area contributed by atoms with Gasteiger partial charge >= 0.3 is 0 Å². The molecule has 0 radical (unpaired) electrons. The van der Waals surface area contributed by atoms with Gasteiger partial charge in [0.25, 0.3) is 0 Å². The smallest absolute Gasteiger partial charge is 0.243 e. The number of hydrogen-bond donors (Lipinski definition) is 2. The number of rotatable bonds is 2. The molecule has 0 saturated carbocycles. The van der Waals surface area contributed by atoms with Crippen molar-refractivity contribution < 1.29 is 4.79 Å². The van der Waals surface area contributed by atoms with E-state index in [9.17, 15) is 4.79 Å². The summed E-state index contributed by atoms with van der Waals surface area (Å²) in [4.78, 5) is 20.1. The minimum Gasteiger partial charge on any atom is -0.308 e. The van der Waals surface area contributed by atoms with Crippen LogP contribution in [0.4, 0.5) is 5.82 Å². The van der Waals surface area contributed by atoms with Crippen LogP contribution in [-0.2, 0) is 4.79 Å². The standard InChI is InChI=1S/C12H18N4O/c1-12(2)4-3-5-15-10(12)11(17)16-9-8-13-6-7-14-9/h6-8,10,15H,3-5H2,1-2H3,(H,14,16,17). The number of hydrogen-bond acceptors (Lipinski definition) is 4. The highest BCUT2D eigenvalue weighted by molar-refractivity contribution is 5.94. The summed E-state index contributed by atoms with van der Waals surface area (Å²) in [6.45, 7) is 5.11. The van der Waals surface area contributed by atoms with Crippen LogP contribution in [0, 0.1) is 5.41 Å². The Morgan fingerprint density at radius 3 is 3.00 bits per heavy atom. The number of piperidine rings is 1. The number of anilines is 1. The van der Waals surface area contributed by atoms with Crippen LogP contribution in [0.2, 0.25) is 0 Å². The van der Waals surface area contributed by atoms with Crippen molar-refractivity contribution in [1.29, 1.82) is 0 Å². The van der Waals surface area contributed by atoms with Crippen molar-refractivity contribution in [2.45, 2.75) is 32.7 Å². The Morgan fingerprint density at radius 1 is 1.53 bits per heavy atom. The van der Waals surface area contributed by atoms with E-state index < -0.39 is 0 Å². The maximum atomic E-state index is 12.1. The Hall–Kier alpha value is -1.49. The normalized spacial score (nSPS) is 23.1. The molecule has 2 rings (SSSR count). The average Bonchev–Trinajstić information content (AvgIpc) is 2.29. The van der Waals surface area contributed by atoms with Gasteiger partial charge in [0.05, 0.1) is 12.2 Å². The molecule has 5 heteroatoms. The van der Waals surface area contributed by atoms with Gasteiger partial charge in [-0.1, -0.05) is 13.8 Å². The molecule has 0 aromatic carbocycles. The Labute approximate surface area is 101 Å². The molecule has 2 heterocycles. The van der Waals surface area contributed by atoms with Gasteiger partial charge in [0.15, 0.2) is 5.82 Å². The lowest BCUT2D eigenvalue weighted by molar-refractivity contribution is -0.121. The minimum absolute atomic E-state index is 0.0233. The number of amides is 1. The van der Waals surface area contributed by atoms with Crippen LogP contribution in [0.1, 0.15) is 26.7 Å². The van der Waals surface area contributed by atoms with Crippen molar-refractivity contribution in [3.05, 3.63) is 18.6 Å². The quantitative estimate of drug-likeness (QED) is 0.806. The number of carbonyl (C=O) groups is 1. The van der Waals surface area contributed by atoms with Gasteiger partial charge in [0.1, 0.15) is 0 Å². The van der Waals surface area contributed by atoms with E-state index in [0.717, 1.165) is 19.4 Å². The van der Waals surface area contributed by atoms with Crippen molar-refractivity contribution >= 4 is 11.7 Å². The highest BCUT2D eigenvalue weighted by Gasteiger charge is 2.37. The number of nitrogens with one attached hydrogen (secondary N) is 2. The van der Waals surface area contributed by atoms with Gasteiger partial charge < -0.3 is 10.6 Å². The highest BCUT2D eigenvalue weighted by atomic mass is 16.2. The molecular formula is C12H18N4O. The molecule has 1 aliphatic heterocycles. The van der Waals surface area contributed by atoms with Crippen molar-refractivity contribution in [3.63, 3.8) is 0 Å². The molecule has 92 valence electrons. The Morgan fingerprint density at radius 2 is 2.35 bits per heavy atom. The van der Waals surface area contributed by atoms with Gasteiger partial charge in [0.2, 0.25) is 5.91 Å². The summed E-state index contributed by atoms with van der Waals surface area (Å²) in [6.07, 6.45) is 6.86. The van der Waals surface area contributed by atoms with Crippen LogP contribution in [0.5, 0.6) is 0 Å². The maximum absolute atomic E-state index is 12.1. The average molecular weight is 234 g/mol. The third kappa shape index (κ3) is 2.79. The molecule has 2 N–H and O–H groups in total. The summed E-state index contributed by atoms with van der Waals surface area (Å²) in [6, 6.07) is -0.168. The van der Waals surface area contributed by atoms with E-state index in [1.165, 1.54) is 0 Å². The van der Waals surface area contributed by atoms with E-state index in [-0.39, 0.29) is 17.4 Å². The van der Waals surface area contributed by atoms with Crippen molar-refractivity contribution in [1.82, 2.24) is 15.3 Å². The van der Waals surface area contributed by atoms with E-state index >= 15 is 0 Å². The zero-order valence-corrected chi connectivity index (χ0v) is 10.2. The lowest BCUT2D eigenvalue weighted by atomic mass is 9.77. The SMILES string of the molecule is CC1(C)CCCNC1C(=O)Nc1cnccn1. The molecule has 0 bridgehead atoms. The van der Waals surface area contributed by atoms with Crippen molar-refractivity contribution in [2.24, 2.45) is 5.41 Å². The first kappa shape index (κ1) is 12.0. The van der Waals surface area contributed by atoms with Crippen LogP contribution < -0.4 is 10.6 Å². The first-order chi connectivity index (χ1) is 8.09. The van der Waals surface area contributed by atoms with E-state index in [0.29, 0.717) is 5.82 Å². The lowest BCUT2D eigenvalue weighted by Gasteiger charge is -2.38. The van der Waals surface area contributed by atoms with E-state index in [2.05, 4.69) is 34.4 Å². The summed E-state index contributed by atoms with van der Waals surface area (Å²) >= 11 is 0. The van der Waals surface area contributed by atoms with Gasteiger partial charge in [0, 0.05) is 12.4 Å². The molecule has 1 amide bonds. The second-order valence-electron chi connectivity index (χ2n) is 5.06. The van der Waals surface area contributed by atoms with Crippen LogP contribution in [0.25, 0.3) is 0 Å². The first-order valence-electron chi connectivity index (χ1n) is 5.90. The van der Waals surface area contributed by atoms with Gasteiger partial charge in [-0.3, -0.25) is 9.78 Å². The number of carbonyl (C=O) groups excluding carboxylic acids is 1. The summed E-state index contributed by atoms with van der Waals surface area (Å²) in [5, 5.41) is 6.06. The molecule has 1 aromatic rings. The summed E-state index contributed by atoms with van der Waals surface area (Å²) in [7, 11) is 0. The maximum Gasteiger partial charge on any atom is 0.243 e. The fraction of sp³-hybridized carbons (Fsp3) is 0.583. The molecule has 1 fully saturated rings. The molecule has 1 aromatic heterocycles. The fourth-order valence-electron chi connectivity index (χ4n) is 2.22. The summed E-state index contributed by atoms with van der Waals surface area (Å²) < 4.78 is 0.